The summed E-state index contributed by atoms with van der Waals surface area (Å²) in [5.74, 6) is 0.739. The standard InChI is InChI=1S/C18H18N2O3S/c19-24(22,23)13-8-5-12(6-9-13)18(21)20-17-15-10-7-11-3-1-2-4-14(11)16(15)17/h1-6,8-9,15-17H,7,10H2,(H,20,21)(H2,19,22,23)/t15-,16-,17-/m1/s1. The van der Waals surface area contributed by atoms with Gasteiger partial charge in [-0.15, -0.1) is 0 Å². The zero-order valence-corrected chi connectivity index (χ0v) is 13.8. The third-order valence-electron chi connectivity index (χ3n) is 5.07. The predicted molar refractivity (Wildman–Crippen MR) is 90.1 cm³/mol. The summed E-state index contributed by atoms with van der Waals surface area (Å²) in [7, 11) is -3.74. The molecule has 3 N–H and O–H groups in total. The summed E-state index contributed by atoms with van der Waals surface area (Å²) in [4.78, 5) is 12.4. The Bertz CT molecular complexity index is 906. The van der Waals surface area contributed by atoms with Crippen molar-refractivity contribution >= 4 is 15.9 Å². The third-order valence-corrected chi connectivity index (χ3v) is 6.00. The van der Waals surface area contributed by atoms with Gasteiger partial charge in [-0.25, -0.2) is 13.6 Å². The normalized spacial score (nSPS) is 24.6. The molecular formula is C18H18N2O3S. The summed E-state index contributed by atoms with van der Waals surface area (Å²) >= 11 is 0. The highest BCUT2D eigenvalue weighted by atomic mass is 32.2. The lowest BCUT2D eigenvalue weighted by molar-refractivity contribution is 0.0948. The average molecular weight is 342 g/mol. The van der Waals surface area contributed by atoms with Crippen molar-refractivity contribution in [3.8, 4) is 0 Å². The van der Waals surface area contributed by atoms with Crippen molar-refractivity contribution in [2.24, 2.45) is 11.1 Å². The quantitative estimate of drug-likeness (QED) is 0.891. The van der Waals surface area contributed by atoms with E-state index in [9.17, 15) is 13.2 Å². The van der Waals surface area contributed by atoms with Crippen LogP contribution in [-0.4, -0.2) is 20.4 Å². The van der Waals surface area contributed by atoms with E-state index in [1.165, 1.54) is 35.4 Å². The average Bonchev–Trinajstić information content (AvgIpc) is 3.27. The lowest BCUT2D eigenvalue weighted by atomic mass is 9.92. The minimum absolute atomic E-state index is 0.00747. The molecule has 0 heterocycles. The summed E-state index contributed by atoms with van der Waals surface area (Å²) in [6.45, 7) is 0. The molecular weight excluding hydrogens is 324 g/mol. The second-order valence-electron chi connectivity index (χ2n) is 6.50. The molecule has 6 heteroatoms. The SMILES string of the molecule is NS(=O)(=O)c1ccc(C(=O)N[C@@H]2[C@@H]3CCc4ccccc4[C@H]32)cc1. The van der Waals surface area contributed by atoms with E-state index in [-0.39, 0.29) is 16.8 Å². The number of amides is 1. The van der Waals surface area contributed by atoms with Crippen molar-refractivity contribution in [3.05, 3.63) is 65.2 Å². The van der Waals surface area contributed by atoms with Crippen LogP contribution in [0.2, 0.25) is 0 Å². The van der Waals surface area contributed by atoms with E-state index in [0.29, 0.717) is 17.4 Å². The number of hydrogen-bond donors (Lipinski definition) is 2. The minimum Gasteiger partial charge on any atom is -0.348 e. The van der Waals surface area contributed by atoms with Crippen LogP contribution in [0.15, 0.2) is 53.4 Å². The van der Waals surface area contributed by atoms with Crippen molar-refractivity contribution in [3.63, 3.8) is 0 Å². The van der Waals surface area contributed by atoms with Gasteiger partial charge in [-0.1, -0.05) is 24.3 Å². The molecule has 0 aliphatic heterocycles. The number of nitrogens with two attached hydrogens (primary N) is 1. The van der Waals surface area contributed by atoms with Gasteiger partial charge in [-0.2, -0.15) is 0 Å². The Hall–Kier alpha value is -2.18. The highest BCUT2D eigenvalue weighted by Gasteiger charge is 2.53. The van der Waals surface area contributed by atoms with Gasteiger partial charge in [-0.3, -0.25) is 4.79 Å². The van der Waals surface area contributed by atoms with Crippen LogP contribution in [-0.2, 0) is 16.4 Å². The topological polar surface area (TPSA) is 89.3 Å². The smallest absolute Gasteiger partial charge is 0.251 e. The van der Waals surface area contributed by atoms with Gasteiger partial charge in [0.2, 0.25) is 10.0 Å². The summed E-state index contributed by atoms with van der Waals surface area (Å²) in [5.41, 5.74) is 3.18. The lowest BCUT2D eigenvalue weighted by Gasteiger charge is -2.13. The molecule has 2 aromatic rings. The van der Waals surface area contributed by atoms with Gasteiger partial charge in [0.1, 0.15) is 0 Å². The molecule has 2 aliphatic carbocycles. The van der Waals surface area contributed by atoms with Crippen molar-refractivity contribution in [2.45, 2.75) is 29.7 Å². The lowest BCUT2D eigenvalue weighted by Crippen LogP contribution is -2.27. The van der Waals surface area contributed by atoms with Crippen LogP contribution in [0.1, 0.15) is 33.8 Å². The third kappa shape index (κ3) is 2.61. The maximum atomic E-state index is 12.4. The monoisotopic (exact) mass is 342 g/mol. The number of primary sulfonamides is 1. The van der Waals surface area contributed by atoms with E-state index in [1.807, 2.05) is 6.07 Å². The molecule has 0 bridgehead atoms. The van der Waals surface area contributed by atoms with Gasteiger partial charge in [-0.05, 0) is 54.2 Å². The Balaban J connectivity index is 1.49. The Labute approximate surface area is 140 Å². The van der Waals surface area contributed by atoms with E-state index < -0.39 is 10.0 Å². The fourth-order valence-corrected chi connectivity index (χ4v) is 4.31. The number of aryl methyl sites for hydroxylation is 1. The fraction of sp³-hybridized carbons (Fsp3) is 0.278. The number of benzene rings is 2. The molecule has 0 saturated heterocycles. The molecule has 3 atom stereocenters. The summed E-state index contributed by atoms with van der Waals surface area (Å²) in [6.07, 6.45) is 2.16. The second-order valence-corrected chi connectivity index (χ2v) is 8.06. The van der Waals surface area contributed by atoms with Crippen LogP contribution in [0.3, 0.4) is 0 Å². The molecule has 2 aliphatic rings. The van der Waals surface area contributed by atoms with Gasteiger partial charge in [0.25, 0.3) is 5.91 Å². The Morgan fingerprint density at radius 3 is 2.50 bits per heavy atom. The molecule has 5 nitrogen and oxygen atoms in total. The molecule has 1 fully saturated rings. The molecule has 0 aromatic heterocycles. The number of rotatable bonds is 3. The summed E-state index contributed by atoms with van der Waals surface area (Å²) < 4.78 is 22.5. The van der Waals surface area contributed by atoms with Crippen LogP contribution < -0.4 is 10.5 Å². The van der Waals surface area contributed by atoms with E-state index >= 15 is 0 Å². The Kier molecular flexibility index (Phi) is 3.47. The first-order valence-corrected chi connectivity index (χ1v) is 9.51. The van der Waals surface area contributed by atoms with Crippen LogP contribution >= 0.6 is 0 Å². The first kappa shape index (κ1) is 15.4. The number of sulfonamides is 1. The van der Waals surface area contributed by atoms with E-state index in [0.717, 1.165) is 12.8 Å². The highest BCUT2D eigenvalue weighted by Crippen LogP contribution is 2.54. The summed E-state index contributed by atoms with van der Waals surface area (Å²) in [6, 6.07) is 14.3. The maximum Gasteiger partial charge on any atom is 0.251 e. The van der Waals surface area contributed by atoms with Gasteiger partial charge < -0.3 is 5.32 Å². The van der Waals surface area contributed by atoms with Crippen LogP contribution in [0.5, 0.6) is 0 Å². The zero-order chi connectivity index (χ0) is 16.9. The molecule has 124 valence electrons. The van der Waals surface area contributed by atoms with E-state index in [1.54, 1.807) is 0 Å². The number of carbonyl (C=O) groups is 1. The van der Waals surface area contributed by atoms with Crippen molar-refractivity contribution < 1.29 is 13.2 Å². The van der Waals surface area contributed by atoms with Crippen LogP contribution in [0.4, 0.5) is 0 Å². The van der Waals surface area contributed by atoms with Crippen LogP contribution in [0, 0.1) is 5.92 Å². The zero-order valence-electron chi connectivity index (χ0n) is 13.0. The van der Waals surface area contributed by atoms with E-state index in [4.69, 9.17) is 5.14 Å². The van der Waals surface area contributed by atoms with E-state index in [2.05, 4.69) is 23.5 Å². The number of nitrogens with one attached hydrogen (secondary N) is 1. The van der Waals surface area contributed by atoms with Crippen molar-refractivity contribution in [2.75, 3.05) is 0 Å². The number of fused-ring (bicyclic) bond motifs is 3. The Morgan fingerprint density at radius 1 is 1.08 bits per heavy atom. The number of hydrogen-bond acceptors (Lipinski definition) is 3. The fourth-order valence-electron chi connectivity index (χ4n) is 3.79. The molecule has 2 aromatic carbocycles. The van der Waals surface area contributed by atoms with Gasteiger partial charge in [0.05, 0.1) is 4.90 Å². The Morgan fingerprint density at radius 2 is 1.79 bits per heavy atom. The molecule has 0 radical (unpaired) electrons. The minimum atomic E-state index is -3.74. The second kappa shape index (κ2) is 5.43. The molecule has 24 heavy (non-hydrogen) atoms. The highest BCUT2D eigenvalue weighted by molar-refractivity contribution is 7.89. The largest absolute Gasteiger partial charge is 0.348 e. The molecule has 0 spiro atoms. The van der Waals surface area contributed by atoms with Crippen LogP contribution in [0.25, 0.3) is 0 Å². The maximum absolute atomic E-state index is 12.4. The molecule has 0 unspecified atom stereocenters. The van der Waals surface area contributed by atoms with Gasteiger partial charge in [0, 0.05) is 17.5 Å². The van der Waals surface area contributed by atoms with Gasteiger partial charge in [0.15, 0.2) is 0 Å². The predicted octanol–water partition coefficient (Wildman–Crippen LogP) is 1.79. The first-order valence-electron chi connectivity index (χ1n) is 7.97. The van der Waals surface area contributed by atoms with Crippen molar-refractivity contribution in [1.82, 2.24) is 5.32 Å². The van der Waals surface area contributed by atoms with Crippen molar-refractivity contribution in [1.29, 1.82) is 0 Å². The van der Waals surface area contributed by atoms with Gasteiger partial charge >= 0.3 is 0 Å². The molecule has 4 rings (SSSR count). The summed E-state index contributed by atoms with van der Waals surface area (Å²) in [5, 5.41) is 8.16. The number of carbonyl (C=O) groups excluding carboxylic acids is 1. The first-order chi connectivity index (χ1) is 11.4. The molecule has 1 amide bonds. The molecule has 1 saturated carbocycles.